The molecule has 0 atom stereocenters. The Labute approximate surface area is 166 Å². The molecular formula is C21H23N3O3S. The van der Waals surface area contributed by atoms with Gasteiger partial charge in [0, 0.05) is 17.2 Å². The molecule has 7 heteroatoms. The molecule has 0 aromatic heterocycles. The van der Waals surface area contributed by atoms with E-state index in [-0.39, 0.29) is 16.5 Å². The molecule has 0 radical (unpaired) electrons. The van der Waals surface area contributed by atoms with E-state index in [0.29, 0.717) is 11.4 Å². The topological polar surface area (TPSA) is 87.6 Å². The number of hydrogen-bond donors (Lipinski definition) is 2. The van der Waals surface area contributed by atoms with Crippen molar-refractivity contribution in [1.29, 1.82) is 0 Å². The zero-order valence-corrected chi connectivity index (χ0v) is 17.1. The van der Waals surface area contributed by atoms with Crippen LogP contribution >= 0.6 is 0 Å². The lowest BCUT2D eigenvalue weighted by Gasteiger charge is -2.20. The van der Waals surface area contributed by atoms with Gasteiger partial charge in [-0.1, -0.05) is 26.7 Å². The quantitative estimate of drug-likeness (QED) is 0.350. The Morgan fingerprint density at radius 1 is 1.04 bits per heavy atom. The van der Waals surface area contributed by atoms with Crippen LogP contribution in [0.15, 0.2) is 58.4 Å². The number of nitrogens with one attached hydrogen (secondary N) is 2. The molecular weight excluding hydrogens is 374 g/mol. The summed E-state index contributed by atoms with van der Waals surface area (Å²) in [5, 5.41) is 0. The van der Waals surface area contributed by atoms with Crippen LogP contribution < -0.4 is 10.9 Å². The van der Waals surface area contributed by atoms with E-state index in [2.05, 4.69) is 21.8 Å². The van der Waals surface area contributed by atoms with Gasteiger partial charge in [0.2, 0.25) is 5.78 Å². The molecule has 0 aliphatic heterocycles. The number of ketones is 1. The fourth-order valence-electron chi connectivity index (χ4n) is 2.17. The Balaban J connectivity index is 2.26. The van der Waals surface area contributed by atoms with Gasteiger partial charge in [0.15, 0.2) is 15.7 Å². The molecule has 2 aromatic carbocycles. The van der Waals surface area contributed by atoms with Crippen LogP contribution in [0.25, 0.3) is 0 Å². The molecule has 0 aliphatic carbocycles. The van der Waals surface area contributed by atoms with Crippen LogP contribution in [0.3, 0.4) is 0 Å². The molecule has 0 aliphatic rings. The highest BCUT2D eigenvalue weighted by Crippen LogP contribution is 2.19. The Morgan fingerprint density at radius 2 is 1.61 bits per heavy atom. The van der Waals surface area contributed by atoms with Gasteiger partial charge in [-0.3, -0.25) is 15.6 Å². The van der Waals surface area contributed by atoms with Gasteiger partial charge in [-0.2, -0.15) is 0 Å². The highest BCUT2D eigenvalue weighted by Gasteiger charge is 2.26. The summed E-state index contributed by atoms with van der Waals surface area (Å²) in [7, 11) is -3.27. The summed E-state index contributed by atoms with van der Waals surface area (Å²) >= 11 is 0. The predicted molar refractivity (Wildman–Crippen MR) is 112 cm³/mol. The zero-order valence-electron chi connectivity index (χ0n) is 16.3. The number of aliphatic imine (C=N–C) groups is 1. The molecule has 2 N–H and O–H groups in total. The molecule has 0 saturated carbocycles. The number of hydrazine groups is 1. The highest BCUT2D eigenvalue weighted by atomic mass is 32.2. The van der Waals surface area contributed by atoms with Crippen LogP contribution in [0.5, 0.6) is 0 Å². The van der Waals surface area contributed by atoms with Crippen molar-refractivity contribution in [3.05, 3.63) is 54.1 Å². The summed E-state index contributed by atoms with van der Waals surface area (Å²) < 4.78 is 23.1. The number of carbonyl (C=O) groups is 1. The van der Waals surface area contributed by atoms with E-state index >= 15 is 0 Å². The summed E-state index contributed by atoms with van der Waals surface area (Å²) in [4.78, 5) is 17.4. The third-order valence-corrected chi connectivity index (χ3v) is 4.91. The molecule has 146 valence electrons. The second kappa shape index (κ2) is 8.28. The first-order valence-corrected chi connectivity index (χ1v) is 10.4. The number of anilines is 1. The number of carbonyl (C=O) groups excluding carboxylic acids is 1. The van der Waals surface area contributed by atoms with Crippen LogP contribution in [0.4, 0.5) is 11.4 Å². The van der Waals surface area contributed by atoms with Crippen LogP contribution in [0, 0.1) is 17.8 Å². The second-order valence-electron chi connectivity index (χ2n) is 7.28. The highest BCUT2D eigenvalue weighted by molar-refractivity contribution is 7.90. The van der Waals surface area contributed by atoms with E-state index in [0.717, 1.165) is 11.8 Å². The third-order valence-electron chi connectivity index (χ3n) is 3.78. The normalized spacial score (nSPS) is 12.2. The summed E-state index contributed by atoms with van der Waals surface area (Å²) in [6.07, 6.45) is 6.50. The van der Waals surface area contributed by atoms with E-state index in [1.165, 1.54) is 12.1 Å². The van der Waals surface area contributed by atoms with Gasteiger partial charge < -0.3 is 0 Å². The molecule has 0 spiro atoms. The molecule has 0 heterocycles. The smallest absolute Gasteiger partial charge is 0.204 e. The number of nitrogens with zero attached hydrogens (tertiary/aromatic N) is 1. The third kappa shape index (κ3) is 5.69. The summed E-state index contributed by atoms with van der Waals surface area (Å²) in [6, 6.07) is 13.1. The van der Waals surface area contributed by atoms with Crippen LogP contribution in [0.2, 0.25) is 0 Å². The average molecular weight is 398 g/mol. The lowest BCUT2D eigenvalue weighted by Crippen LogP contribution is -2.41. The largest absolute Gasteiger partial charge is 0.300 e. The molecule has 2 rings (SSSR count). The van der Waals surface area contributed by atoms with Gasteiger partial charge in [0.05, 0.1) is 16.3 Å². The van der Waals surface area contributed by atoms with Gasteiger partial charge in [-0.15, -0.1) is 6.42 Å². The fraction of sp³-hybridized carbons (Fsp3) is 0.238. The van der Waals surface area contributed by atoms with Crippen molar-refractivity contribution in [3.8, 4) is 12.3 Å². The molecule has 0 fully saturated rings. The van der Waals surface area contributed by atoms with E-state index in [1.807, 2.05) is 0 Å². The standard InChI is InChI=1S/C21H23N3O3S/c1-6-15-7-9-16(10-8-15)22-20(19(25)21(2,3)4)24-23-17-11-13-18(14-12-17)28(5,26)27/h1,7-14,23H,2-5H3,(H,22,24). The van der Waals surface area contributed by atoms with E-state index in [4.69, 9.17) is 6.42 Å². The molecule has 0 unspecified atom stereocenters. The van der Waals surface area contributed by atoms with Gasteiger partial charge >= 0.3 is 0 Å². The number of benzene rings is 2. The number of hydrogen-bond acceptors (Lipinski definition) is 5. The van der Waals surface area contributed by atoms with E-state index in [9.17, 15) is 13.2 Å². The first kappa shape index (κ1) is 21.2. The number of Topliss-reactive ketones (excluding diaryl/α,β-unsaturated/α-hetero) is 1. The average Bonchev–Trinajstić information content (AvgIpc) is 2.64. The van der Waals surface area contributed by atoms with Crippen LogP contribution in [-0.2, 0) is 14.6 Å². The predicted octanol–water partition coefficient (Wildman–Crippen LogP) is 3.33. The minimum atomic E-state index is -3.27. The van der Waals surface area contributed by atoms with E-state index < -0.39 is 15.3 Å². The summed E-state index contributed by atoms with van der Waals surface area (Å²) in [5.74, 6) is 2.48. The molecule has 2 aromatic rings. The molecule has 0 saturated heterocycles. The van der Waals surface area contributed by atoms with Crippen molar-refractivity contribution < 1.29 is 13.2 Å². The zero-order chi connectivity index (χ0) is 20.9. The Kier molecular flexibility index (Phi) is 6.26. The molecule has 0 amide bonds. The summed E-state index contributed by atoms with van der Waals surface area (Å²) in [5.41, 5.74) is 6.97. The lowest BCUT2D eigenvalue weighted by molar-refractivity contribution is -0.119. The first-order valence-electron chi connectivity index (χ1n) is 8.53. The van der Waals surface area contributed by atoms with Gasteiger partial charge in [-0.25, -0.2) is 13.4 Å². The van der Waals surface area contributed by atoms with E-state index in [1.54, 1.807) is 57.2 Å². The van der Waals surface area contributed by atoms with Gasteiger partial charge in [-0.05, 0) is 48.5 Å². The maximum atomic E-state index is 12.8. The van der Waals surface area contributed by atoms with Crippen molar-refractivity contribution >= 4 is 32.8 Å². The molecule has 6 nitrogen and oxygen atoms in total. The monoisotopic (exact) mass is 397 g/mol. The maximum Gasteiger partial charge on any atom is 0.204 e. The number of rotatable bonds is 5. The van der Waals surface area contributed by atoms with Crippen molar-refractivity contribution in [2.45, 2.75) is 25.7 Å². The molecule has 28 heavy (non-hydrogen) atoms. The van der Waals surface area contributed by atoms with Crippen LogP contribution in [0.1, 0.15) is 26.3 Å². The van der Waals surface area contributed by atoms with Crippen molar-refractivity contribution in [2.24, 2.45) is 10.4 Å². The minimum absolute atomic E-state index is 0.133. The Morgan fingerprint density at radius 3 is 2.07 bits per heavy atom. The molecule has 0 bridgehead atoms. The van der Waals surface area contributed by atoms with Crippen molar-refractivity contribution in [2.75, 3.05) is 11.7 Å². The number of amidine groups is 1. The Bertz CT molecular complexity index is 1020. The van der Waals surface area contributed by atoms with Crippen molar-refractivity contribution in [1.82, 2.24) is 5.43 Å². The van der Waals surface area contributed by atoms with Crippen molar-refractivity contribution in [3.63, 3.8) is 0 Å². The number of sulfone groups is 1. The lowest BCUT2D eigenvalue weighted by atomic mass is 9.90. The summed E-state index contributed by atoms with van der Waals surface area (Å²) in [6.45, 7) is 5.40. The second-order valence-corrected chi connectivity index (χ2v) is 9.29. The maximum absolute atomic E-state index is 12.8. The number of terminal acetylenes is 1. The van der Waals surface area contributed by atoms with Gasteiger partial charge in [0.25, 0.3) is 0 Å². The SMILES string of the molecule is C#Cc1ccc(N=C(NNc2ccc(S(C)(=O)=O)cc2)C(=O)C(C)(C)C)cc1. The van der Waals surface area contributed by atoms with Gasteiger partial charge in [0.1, 0.15) is 0 Å². The Hall–Kier alpha value is -3.11. The van der Waals surface area contributed by atoms with Crippen LogP contribution in [-0.4, -0.2) is 26.3 Å². The minimum Gasteiger partial charge on any atom is -0.300 e. The first-order chi connectivity index (χ1) is 13.0. The fourth-order valence-corrected chi connectivity index (χ4v) is 2.80.